The predicted molar refractivity (Wildman–Crippen MR) is 79.2 cm³/mol. The standard InChI is InChI=1S/C14H18N2O3S/c1-14(2,3)19-13(17)15-8-12-16-10-6-5-9(18-4)7-11(10)20-12/h5-7H,8H2,1-4H3,(H,15,17). The second kappa shape index (κ2) is 5.66. The molecule has 5 nitrogen and oxygen atoms in total. The van der Waals surface area contributed by atoms with Crippen LogP contribution in [0.2, 0.25) is 0 Å². The number of thiazole rings is 1. The zero-order valence-corrected chi connectivity index (χ0v) is 12.8. The molecule has 1 heterocycles. The quantitative estimate of drug-likeness (QED) is 0.943. The number of alkyl carbamates (subject to hydrolysis) is 1. The van der Waals surface area contributed by atoms with Gasteiger partial charge in [-0.1, -0.05) is 0 Å². The molecule has 108 valence electrons. The van der Waals surface area contributed by atoms with Crippen LogP contribution in [0.15, 0.2) is 18.2 Å². The molecule has 1 amide bonds. The van der Waals surface area contributed by atoms with Crippen LogP contribution in [0.5, 0.6) is 5.75 Å². The van der Waals surface area contributed by atoms with Gasteiger partial charge < -0.3 is 14.8 Å². The van der Waals surface area contributed by atoms with Crippen LogP contribution in [0.3, 0.4) is 0 Å². The molecule has 0 aliphatic heterocycles. The van der Waals surface area contributed by atoms with Gasteiger partial charge in [0.2, 0.25) is 0 Å². The Morgan fingerprint density at radius 3 is 2.80 bits per heavy atom. The summed E-state index contributed by atoms with van der Waals surface area (Å²) in [4.78, 5) is 16.0. The summed E-state index contributed by atoms with van der Waals surface area (Å²) >= 11 is 1.53. The van der Waals surface area contributed by atoms with Gasteiger partial charge in [0.05, 0.1) is 23.9 Å². The van der Waals surface area contributed by atoms with Crippen molar-refractivity contribution in [1.82, 2.24) is 10.3 Å². The third kappa shape index (κ3) is 3.84. The average Bonchev–Trinajstić information content (AvgIpc) is 2.75. The van der Waals surface area contributed by atoms with E-state index in [1.54, 1.807) is 7.11 Å². The van der Waals surface area contributed by atoms with Crippen molar-refractivity contribution in [2.75, 3.05) is 7.11 Å². The lowest BCUT2D eigenvalue weighted by Gasteiger charge is -2.19. The second-order valence-electron chi connectivity index (χ2n) is 5.30. The third-order valence-electron chi connectivity index (χ3n) is 2.42. The molecule has 0 spiro atoms. The van der Waals surface area contributed by atoms with Gasteiger partial charge >= 0.3 is 6.09 Å². The minimum Gasteiger partial charge on any atom is -0.497 e. The number of benzene rings is 1. The number of rotatable bonds is 3. The van der Waals surface area contributed by atoms with E-state index in [0.29, 0.717) is 6.54 Å². The molecule has 0 radical (unpaired) electrons. The van der Waals surface area contributed by atoms with Crippen LogP contribution in [-0.2, 0) is 11.3 Å². The number of amides is 1. The van der Waals surface area contributed by atoms with Crippen molar-refractivity contribution in [3.63, 3.8) is 0 Å². The number of nitrogens with zero attached hydrogens (tertiary/aromatic N) is 1. The van der Waals surface area contributed by atoms with Gasteiger partial charge in [0, 0.05) is 0 Å². The number of carbonyl (C=O) groups excluding carboxylic acids is 1. The summed E-state index contributed by atoms with van der Waals surface area (Å²) in [6.45, 7) is 5.85. The second-order valence-corrected chi connectivity index (χ2v) is 6.41. The molecule has 0 aliphatic carbocycles. The first-order valence-corrected chi connectivity index (χ1v) is 7.09. The van der Waals surface area contributed by atoms with E-state index >= 15 is 0 Å². The molecule has 20 heavy (non-hydrogen) atoms. The Morgan fingerprint density at radius 1 is 1.40 bits per heavy atom. The van der Waals surface area contributed by atoms with E-state index in [9.17, 15) is 4.79 Å². The summed E-state index contributed by atoms with van der Waals surface area (Å²) in [5.41, 5.74) is 0.405. The summed E-state index contributed by atoms with van der Waals surface area (Å²) in [7, 11) is 1.63. The molecule has 0 atom stereocenters. The van der Waals surface area contributed by atoms with Crippen molar-refractivity contribution in [1.29, 1.82) is 0 Å². The van der Waals surface area contributed by atoms with Crippen LogP contribution >= 0.6 is 11.3 Å². The van der Waals surface area contributed by atoms with Crippen LogP contribution in [0.4, 0.5) is 4.79 Å². The predicted octanol–water partition coefficient (Wildman–Crippen LogP) is 3.33. The summed E-state index contributed by atoms with van der Waals surface area (Å²) in [6.07, 6.45) is -0.436. The molecular formula is C14H18N2O3S. The number of carbonyl (C=O) groups is 1. The maximum Gasteiger partial charge on any atom is 0.408 e. The van der Waals surface area contributed by atoms with Crippen molar-refractivity contribution < 1.29 is 14.3 Å². The molecular weight excluding hydrogens is 276 g/mol. The van der Waals surface area contributed by atoms with Gasteiger partial charge in [-0.25, -0.2) is 9.78 Å². The zero-order chi connectivity index (χ0) is 14.8. The average molecular weight is 294 g/mol. The van der Waals surface area contributed by atoms with Gasteiger partial charge in [0.1, 0.15) is 16.4 Å². The van der Waals surface area contributed by atoms with Gasteiger partial charge in [0.25, 0.3) is 0 Å². The zero-order valence-electron chi connectivity index (χ0n) is 12.0. The molecule has 0 saturated heterocycles. The molecule has 0 unspecified atom stereocenters. The van der Waals surface area contributed by atoms with Crippen LogP contribution in [0.1, 0.15) is 25.8 Å². The highest BCUT2D eigenvalue weighted by molar-refractivity contribution is 7.18. The highest BCUT2D eigenvalue weighted by Crippen LogP contribution is 2.26. The first-order valence-electron chi connectivity index (χ1n) is 6.28. The van der Waals surface area contributed by atoms with E-state index in [0.717, 1.165) is 21.0 Å². The minimum absolute atomic E-state index is 0.358. The third-order valence-corrected chi connectivity index (χ3v) is 3.44. The van der Waals surface area contributed by atoms with Crippen molar-refractivity contribution in [3.8, 4) is 5.75 Å². The maximum absolute atomic E-state index is 11.6. The Balaban J connectivity index is 2.01. The van der Waals surface area contributed by atoms with Crippen molar-refractivity contribution in [2.24, 2.45) is 0 Å². The number of hydrogen-bond donors (Lipinski definition) is 1. The first kappa shape index (κ1) is 14.6. The fourth-order valence-electron chi connectivity index (χ4n) is 1.62. The Kier molecular flexibility index (Phi) is 4.13. The molecule has 0 bridgehead atoms. The van der Waals surface area contributed by atoms with E-state index < -0.39 is 11.7 Å². The number of fused-ring (bicyclic) bond motifs is 1. The highest BCUT2D eigenvalue weighted by atomic mass is 32.1. The summed E-state index contributed by atoms with van der Waals surface area (Å²) < 4.78 is 11.4. The number of aromatic nitrogens is 1. The Labute approximate surface area is 121 Å². The summed E-state index contributed by atoms with van der Waals surface area (Å²) in [5, 5.41) is 3.53. The lowest BCUT2D eigenvalue weighted by molar-refractivity contribution is 0.0523. The molecule has 1 aromatic carbocycles. The van der Waals surface area contributed by atoms with Gasteiger partial charge in [-0.2, -0.15) is 0 Å². The van der Waals surface area contributed by atoms with Crippen LogP contribution in [-0.4, -0.2) is 23.8 Å². The molecule has 0 saturated carbocycles. The Hall–Kier alpha value is -1.82. The largest absolute Gasteiger partial charge is 0.497 e. The van der Waals surface area contributed by atoms with Gasteiger partial charge in [-0.15, -0.1) is 11.3 Å². The Bertz CT molecular complexity index is 616. The number of nitrogens with one attached hydrogen (secondary N) is 1. The van der Waals surface area contributed by atoms with E-state index in [1.165, 1.54) is 11.3 Å². The van der Waals surface area contributed by atoms with Crippen molar-refractivity contribution in [2.45, 2.75) is 32.9 Å². The molecule has 1 aromatic heterocycles. The fraction of sp³-hybridized carbons (Fsp3) is 0.429. The smallest absolute Gasteiger partial charge is 0.408 e. The summed E-state index contributed by atoms with van der Waals surface area (Å²) in [6, 6.07) is 5.71. The van der Waals surface area contributed by atoms with Crippen LogP contribution < -0.4 is 10.1 Å². The number of ether oxygens (including phenoxy) is 2. The normalized spacial score (nSPS) is 11.4. The number of methoxy groups -OCH3 is 1. The van der Waals surface area contributed by atoms with Gasteiger partial charge in [-0.05, 0) is 39.0 Å². The lowest BCUT2D eigenvalue weighted by atomic mass is 10.2. The van der Waals surface area contributed by atoms with Crippen molar-refractivity contribution >= 4 is 27.6 Å². The highest BCUT2D eigenvalue weighted by Gasteiger charge is 2.16. The molecule has 2 aromatic rings. The van der Waals surface area contributed by atoms with Crippen LogP contribution in [0.25, 0.3) is 10.2 Å². The molecule has 2 rings (SSSR count). The van der Waals surface area contributed by atoms with E-state index in [-0.39, 0.29) is 0 Å². The van der Waals surface area contributed by atoms with Gasteiger partial charge in [-0.3, -0.25) is 0 Å². The lowest BCUT2D eigenvalue weighted by Crippen LogP contribution is -2.32. The topological polar surface area (TPSA) is 60.5 Å². The fourth-order valence-corrected chi connectivity index (χ4v) is 2.55. The number of hydrogen-bond acceptors (Lipinski definition) is 5. The van der Waals surface area contributed by atoms with Crippen molar-refractivity contribution in [3.05, 3.63) is 23.2 Å². The summed E-state index contributed by atoms with van der Waals surface area (Å²) in [5.74, 6) is 0.799. The van der Waals surface area contributed by atoms with E-state index in [2.05, 4.69) is 10.3 Å². The van der Waals surface area contributed by atoms with E-state index in [1.807, 2.05) is 39.0 Å². The molecule has 0 aliphatic rings. The monoisotopic (exact) mass is 294 g/mol. The SMILES string of the molecule is COc1ccc2nc(CNC(=O)OC(C)(C)C)sc2c1. The van der Waals surface area contributed by atoms with Gasteiger partial charge in [0.15, 0.2) is 0 Å². The molecule has 1 N–H and O–H groups in total. The molecule has 6 heteroatoms. The van der Waals surface area contributed by atoms with Crippen LogP contribution in [0, 0.1) is 0 Å². The molecule has 0 fully saturated rings. The Morgan fingerprint density at radius 2 is 2.15 bits per heavy atom. The first-order chi connectivity index (χ1) is 9.37. The maximum atomic E-state index is 11.6. The minimum atomic E-state index is -0.495. The van der Waals surface area contributed by atoms with E-state index in [4.69, 9.17) is 9.47 Å².